The van der Waals surface area contributed by atoms with Gasteiger partial charge in [0.25, 0.3) is 5.91 Å². The van der Waals surface area contributed by atoms with Gasteiger partial charge in [-0.25, -0.2) is 4.79 Å². The van der Waals surface area contributed by atoms with Crippen LogP contribution in [0.15, 0.2) is 42.5 Å². The van der Waals surface area contributed by atoms with E-state index in [1.807, 2.05) is 12.1 Å². The molecule has 2 rings (SSSR count). The predicted molar refractivity (Wildman–Crippen MR) is 93.1 cm³/mol. The molecule has 0 spiro atoms. The third-order valence-corrected chi connectivity index (χ3v) is 3.73. The van der Waals surface area contributed by atoms with Crippen LogP contribution in [0, 0.1) is 0 Å². The molecule has 0 bridgehead atoms. The van der Waals surface area contributed by atoms with E-state index in [1.54, 1.807) is 12.1 Å². The van der Waals surface area contributed by atoms with Gasteiger partial charge in [0.1, 0.15) is 5.75 Å². The molecule has 2 N–H and O–H groups in total. The highest BCUT2D eigenvalue weighted by Crippen LogP contribution is 2.23. The summed E-state index contributed by atoms with van der Waals surface area (Å²) < 4.78 is 5.42. The van der Waals surface area contributed by atoms with E-state index in [4.69, 9.17) is 21.4 Å². The topological polar surface area (TPSA) is 75.6 Å². The molecule has 0 aliphatic heterocycles. The molecule has 0 unspecified atom stereocenters. The van der Waals surface area contributed by atoms with Gasteiger partial charge in [0.2, 0.25) is 0 Å². The second kappa shape index (κ2) is 7.84. The molecule has 0 heterocycles. The van der Waals surface area contributed by atoms with Crippen LogP contribution in [-0.2, 0) is 4.79 Å². The lowest BCUT2D eigenvalue weighted by molar-refractivity contribution is -0.118. The van der Waals surface area contributed by atoms with Crippen molar-refractivity contribution < 1.29 is 19.4 Å². The molecule has 5 nitrogen and oxygen atoms in total. The zero-order valence-corrected chi connectivity index (χ0v) is 14.1. The van der Waals surface area contributed by atoms with Crippen molar-refractivity contribution in [3.63, 3.8) is 0 Å². The minimum Gasteiger partial charge on any atom is -0.484 e. The van der Waals surface area contributed by atoms with Gasteiger partial charge in [0.15, 0.2) is 6.61 Å². The van der Waals surface area contributed by atoms with E-state index in [0.29, 0.717) is 11.7 Å². The molecule has 6 heteroatoms. The Hall–Kier alpha value is -2.53. The third-order valence-electron chi connectivity index (χ3n) is 3.40. The molecule has 0 aliphatic carbocycles. The summed E-state index contributed by atoms with van der Waals surface area (Å²) in [7, 11) is 0. The highest BCUT2D eigenvalue weighted by molar-refractivity contribution is 6.33. The fourth-order valence-electron chi connectivity index (χ4n) is 2.04. The number of carboxylic acid groups (broad SMARTS) is 1. The lowest BCUT2D eigenvalue weighted by Crippen LogP contribution is -2.20. The summed E-state index contributed by atoms with van der Waals surface area (Å²) in [5.74, 6) is -0.512. The molecule has 2 aromatic carbocycles. The summed E-state index contributed by atoms with van der Waals surface area (Å²) in [6.45, 7) is 3.99. The van der Waals surface area contributed by atoms with Gasteiger partial charge in [-0.05, 0) is 41.8 Å². The molecule has 0 aromatic heterocycles. The molecule has 0 saturated carbocycles. The number of ether oxygens (including phenoxy) is 1. The van der Waals surface area contributed by atoms with Gasteiger partial charge in [-0.3, -0.25) is 4.79 Å². The molecule has 2 aromatic rings. The Bertz CT molecular complexity index is 741. The molecule has 1 amide bonds. The minimum absolute atomic E-state index is 0.0416. The van der Waals surface area contributed by atoms with E-state index in [1.165, 1.54) is 23.8 Å². The average molecular weight is 348 g/mol. The van der Waals surface area contributed by atoms with E-state index in [0.717, 1.165) is 0 Å². The van der Waals surface area contributed by atoms with Gasteiger partial charge in [-0.15, -0.1) is 0 Å². The van der Waals surface area contributed by atoms with Crippen molar-refractivity contribution in [2.45, 2.75) is 19.8 Å². The molecular weight excluding hydrogens is 330 g/mol. The molecule has 0 atom stereocenters. The van der Waals surface area contributed by atoms with Crippen molar-refractivity contribution in [3.8, 4) is 5.75 Å². The molecule has 0 fully saturated rings. The predicted octanol–water partition coefficient (Wildman–Crippen LogP) is 4.18. The van der Waals surface area contributed by atoms with E-state index < -0.39 is 11.9 Å². The number of amides is 1. The molecule has 0 saturated heterocycles. The minimum atomic E-state index is -1.09. The number of benzene rings is 2. The van der Waals surface area contributed by atoms with E-state index in [9.17, 15) is 9.59 Å². The first-order valence-corrected chi connectivity index (χ1v) is 7.80. The Kier molecular flexibility index (Phi) is 5.82. The van der Waals surface area contributed by atoms with Gasteiger partial charge >= 0.3 is 5.97 Å². The lowest BCUT2D eigenvalue weighted by atomic mass is 10.0. The van der Waals surface area contributed by atoms with Gasteiger partial charge in [0.05, 0.1) is 16.3 Å². The summed E-state index contributed by atoms with van der Waals surface area (Å²) in [4.78, 5) is 22.9. The SMILES string of the molecule is CC(C)c1ccc(OCC(=O)Nc2cc(C(=O)O)ccc2Cl)cc1. The molecule has 0 radical (unpaired) electrons. The van der Waals surface area contributed by atoms with Crippen LogP contribution >= 0.6 is 11.6 Å². The number of anilines is 1. The Morgan fingerprint density at radius 3 is 2.42 bits per heavy atom. The summed E-state index contributed by atoms with van der Waals surface area (Å²) in [6.07, 6.45) is 0. The summed E-state index contributed by atoms with van der Waals surface area (Å²) >= 11 is 5.96. The maximum Gasteiger partial charge on any atom is 0.335 e. The second-order valence-electron chi connectivity index (χ2n) is 5.56. The quantitative estimate of drug-likeness (QED) is 0.822. The number of hydrogen-bond donors (Lipinski definition) is 2. The average Bonchev–Trinajstić information content (AvgIpc) is 2.55. The maximum atomic E-state index is 12.0. The number of carboxylic acids is 1. The second-order valence-corrected chi connectivity index (χ2v) is 5.97. The number of aromatic carboxylic acids is 1. The summed E-state index contributed by atoms with van der Waals surface area (Å²) in [5.41, 5.74) is 1.46. The Labute approximate surface area is 145 Å². The number of hydrogen-bond acceptors (Lipinski definition) is 3. The first-order valence-electron chi connectivity index (χ1n) is 7.42. The van der Waals surface area contributed by atoms with Crippen LogP contribution in [0.2, 0.25) is 5.02 Å². The van der Waals surface area contributed by atoms with Gasteiger partial charge in [-0.1, -0.05) is 37.6 Å². The van der Waals surface area contributed by atoms with Crippen LogP contribution in [0.1, 0.15) is 35.7 Å². The van der Waals surface area contributed by atoms with Gasteiger partial charge in [-0.2, -0.15) is 0 Å². The van der Waals surface area contributed by atoms with Crippen molar-refractivity contribution in [1.29, 1.82) is 0 Å². The molecule has 126 valence electrons. The maximum absolute atomic E-state index is 12.0. The normalized spacial score (nSPS) is 10.5. The molecule has 24 heavy (non-hydrogen) atoms. The van der Waals surface area contributed by atoms with Crippen LogP contribution in [0.4, 0.5) is 5.69 Å². The smallest absolute Gasteiger partial charge is 0.335 e. The number of halogens is 1. The standard InChI is InChI=1S/C18H18ClNO4/c1-11(2)12-3-6-14(7-4-12)24-10-17(21)20-16-9-13(18(22)23)5-8-15(16)19/h3-9,11H,10H2,1-2H3,(H,20,21)(H,22,23). The molecule has 0 aliphatic rings. The zero-order chi connectivity index (χ0) is 17.7. The van der Waals surface area contributed by atoms with Crippen molar-refractivity contribution in [3.05, 3.63) is 58.6 Å². The van der Waals surface area contributed by atoms with Crippen LogP contribution in [-0.4, -0.2) is 23.6 Å². The van der Waals surface area contributed by atoms with Gasteiger partial charge < -0.3 is 15.2 Å². The first kappa shape index (κ1) is 17.8. The largest absolute Gasteiger partial charge is 0.484 e. The number of nitrogens with one attached hydrogen (secondary N) is 1. The highest BCUT2D eigenvalue weighted by atomic mass is 35.5. The lowest BCUT2D eigenvalue weighted by Gasteiger charge is -2.10. The zero-order valence-electron chi connectivity index (χ0n) is 13.4. The fourth-order valence-corrected chi connectivity index (χ4v) is 2.20. The third kappa shape index (κ3) is 4.73. The fraction of sp³-hybridized carbons (Fsp3) is 0.222. The summed E-state index contributed by atoms with van der Waals surface area (Å²) in [6, 6.07) is 11.6. The first-order chi connectivity index (χ1) is 11.4. The Morgan fingerprint density at radius 1 is 1.17 bits per heavy atom. The van der Waals surface area contributed by atoms with Crippen LogP contribution < -0.4 is 10.1 Å². The number of carbonyl (C=O) groups is 2. The van der Waals surface area contributed by atoms with Crippen LogP contribution in [0.5, 0.6) is 5.75 Å². The molecular formula is C18H18ClNO4. The number of rotatable bonds is 6. The monoisotopic (exact) mass is 347 g/mol. The van der Waals surface area contributed by atoms with E-state index in [2.05, 4.69) is 19.2 Å². The Balaban J connectivity index is 1.96. The number of carbonyl (C=O) groups excluding carboxylic acids is 1. The van der Waals surface area contributed by atoms with E-state index >= 15 is 0 Å². The van der Waals surface area contributed by atoms with Crippen molar-refractivity contribution in [1.82, 2.24) is 0 Å². The van der Waals surface area contributed by atoms with Crippen molar-refractivity contribution in [2.24, 2.45) is 0 Å². The van der Waals surface area contributed by atoms with E-state index in [-0.39, 0.29) is 22.9 Å². The van der Waals surface area contributed by atoms with Crippen LogP contribution in [0.3, 0.4) is 0 Å². The van der Waals surface area contributed by atoms with Crippen molar-refractivity contribution in [2.75, 3.05) is 11.9 Å². The van der Waals surface area contributed by atoms with Crippen molar-refractivity contribution >= 4 is 29.2 Å². The Morgan fingerprint density at radius 2 is 1.83 bits per heavy atom. The summed E-state index contributed by atoms with van der Waals surface area (Å²) in [5, 5.41) is 11.8. The van der Waals surface area contributed by atoms with Gasteiger partial charge in [0, 0.05) is 0 Å². The highest BCUT2D eigenvalue weighted by Gasteiger charge is 2.11. The van der Waals surface area contributed by atoms with Crippen LogP contribution in [0.25, 0.3) is 0 Å².